The van der Waals surface area contributed by atoms with Crippen molar-refractivity contribution >= 4 is 37.6 Å². The molecule has 1 aromatic rings. The zero-order valence-corrected chi connectivity index (χ0v) is 12.9. The van der Waals surface area contributed by atoms with Crippen molar-refractivity contribution in [1.29, 1.82) is 0 Å². The minimum absolute atomic E-state index is 0.118. The number of nitrogens with one attached hydrogen (secondary N) is 1. The second-order valence-electron chi connectivity index (χ2n) is 4.55. The van der Waals surface area contributed by atoms with Gasteiger partial charge in [-0.2, -0.15) is 0 Å². The van der Waals surface area contributed by atoms with E-state index in [0.29, 0.717) is 11.9 Å². The molecule has 0 saturated carbocycles. The van der Waals surface area contributed by atoms with Crippen molar-refractivity contribution in [2.45, 2.75) is 18.7 Å². The lowest BCUT2D eigenvalue weighted by Crippen LogP contribution is -2.35. The summed E-state index contributed by atoms with van der Waals surface area (Å²) in [6, 6.07) is 6.40. The molecule has 96 valence electrons. The lowest BCUT2D eigenvalue weighted by atomic mass is 9.98. The van der Waals surface area contributed by atoms with Crippen LogP contribution in [-0.2, 0) is 10.0 Å². The Kier molecular flexibility index (Phi) is 5.01. The Hall–Kier alpha value is -0.100. The van der Waals surface area contributed by atoms with Crippen LogP contribution >= 0.6 is 27.5 Å². The summed E-state index contributed by atoms with van der Waals surface area (Å²) in [6.07, 6.45) is 0. The number of halogens is 2. The van der Waals surface area contributed by atoms with Gasteiger partial charge in [-0.3, -0.25) is 0 Å². The number of hydrogen-bond donors (Lipinski definition) is 1. The summed E-state index contributed by atoms with van der Waals surface area (Å²) >= 11 is 9.21. The van der Waals surface area contributed by atoms with Crippen LogP contribution in [0.2, 0.25) is 5.02 Å². The van der Waals surface area contributed by atoms with E-state index in [0.717, 1.165) is 0 Å². The van der Waals surface area contributed by atoms with E-state index < -0.39 is 10.0 Å². The topological polar surface area (TPSA) is 46.2 Å². The summed E-state index contributed by atoms with van der Waals surface area (Å²) < 4.78 is 26.6. The van der Waals surface area contributed by atoms with E-state index in [1.807, 2.05) is 13.8 Å². The molecule has 0 atom stereocenters. The molecule has 0 aliphatic rings. The van der Waals surface area contributed by atoms with Crippen LogP contribution in [0.3, 0.4) is 0 Å². The first kappa shape index (κ1) is 15.0. The molecule has 0 saturated heterocycles. The number of benzene rings is 1. The second kappa shape index (κ2) is 5.69. The Bertz CT molecular complexity index is 488. The van der Waals surface area contributed by atoms with Gasteiger partial charge in [-0.1, -0.05) is 53.5 Å². The van der Waals surface area contributed by atoms with Crippen LogP contribution in [-0.4, -0.2) is 20.3 Å². The zero-order valence-electron chi connectivity index (χ0n) is 9.70. The van der Waals surface area contributed by atoms with Crippen molar-refractivity contribution in [1.82, 2.24) is 4.72 Å². The molecule has 0 heterocycles. The lowest BCUT2D eigenvalue weighted by Gasteiger charge is -2.22. The van der Waals surface area contributed by atoms with Crippen LogP contribution in [0, 0.1) is 5.41 Å². The maximum Gasteiger partial charge on any atom is 0.242 e. The second-order valence-corrected chi connectivity index (χ2v) is 7.26. The SMILES string of the molecule is CC(C)(CBr)CNS(=O)(=O)c1ccccc1Cl. The molecule has 0 fully saturated rings. The Balaban J connectivity index is 2.88. The Morgan fingerprint density at radius 3 is 2.47 bits per heavy atom. The van der Waals surface area contributed by atoms with E-state index in [1.54, 1.807) is 18.2 Å². The van der Waals surface area contributed by atoms with E-state index in [4.69, 9.17) is 11.6 Å². The summed E-state index contributed by atoms with van der Waals surface area (Å²) in [4.78, 5) is 0.118. The van der Waals surface area contributed by atoms with Crippen molar-refractivity contribution in [3.8, 4) is 0 Å². The highest BCUT2D eigenvalue weighted by atomic mass is 79.9. The van der Waals surface area contributed by atoms with Crippen molar-refractivity contribution in [3.63, 3.8) is 0 Å². The van der Waals surface area contributed by atoms with Gasteiger partial charge in [-0.15, -0.1) is 0 Å². The average molecular weight is 341 g/mol. The fourth-order valence-corrected chi connectivity index (χ4v) is 3.04. The van der Waals surface area contributed by atoms with Crippen molar-refractivity contribution in [2.75, 3.05) is 11.9 Å². The number of sulfonamides is 1. The molecule has 0 unspecified atom stereocenters. The first-order valence-corrected chi connectivity index (χ1v) is 8.07. The molecule has 1 rings (SSSR count). The molecule has 0 bridgehead atoms. The molecule has 0 amide bonds. The molecular formula is C11H15BrClNO2S. The van der Waals surface area contributed by atoms with E-state index in [-0.39, 0.29) is 15.3 Å². The van der Waals surface area contributed by atoms with E-state index in [9.17, 15) is 8.42 Å². The summed E-state index contributed by atoms with van der Waals surface area (Å²) in [5, 5.41) is 0.946. The highest BCUT2D eigenvalue weighted by Crippen LogP contribution is 2.22. The third-order valence-electron chi connectivity index (χ3n) is 2.23. The predicted molar refractivity (Wildman–Crippen MR) is 74.2 cm³/mol. The Labute approximate surface area is 116 Å². The van der Waals surface area contributed by atoms with Crippen molar-refractivity contribution in [2.24, 2.45) is 5.41 Å². The standard InChI is InChI=1S/C11H15BrClNO2S/c1-11(2,7-12)8-14-17(15,16)10-6-4-3-5-9(10)13/h3-6,14H,7-8H2,1-2H3. The summed E-state index contributed by atoms with van der Waals surface area (Å²) in [5.41, 5.74) is -0.145. The van der Waals surface area contributed by atoms with Crippen molar-refractivity contribution < 1.29 is 8.42 Å². The molecule has 1 N–H and O–H groups in total. The van der Waals surface area contributed by atoms with Gasteiger partial charge in [-0.25, -0.2) is 13.1 Å². The first-order valence-electron chi connectivity index (χ1n) is 5.09. The Morgan fingerprint density at radius 2 is 1.94 bits per heavy atom. The highest BCUT2D eigenvalue weighted by molar-refractivity contribution is 9.09. The molecular weight excluding hydrogens is 326 g/mol. The average Bonchev–Trinajstić information content (AvgIpc) is 2.27. The monoisotopic (exact) mass is 339 g/mol. The minimum atomic E-state index is -3.54. The van der Waals surface area contributed by atoms with Crippen LogP contribution < -0.4 is 4.72 Å². The third-order valence-corrected chi connectivity index (χ3v) is 5.65. The smallest absolute Gasteiger partial charge is 0.211 e. The fraction of sp³-hybridized carbons (Fsp3) is 0.455. The van der Waals surface area contributed by atoms with E-state index in [2.05, 4.69) is 20.7 Å². The van der Waals surface area contributed by atoms with Gasteiger partial charge in [0.25, 0.3) is 0 Å². The van der Waals surface area contributed by atoms with E-state index >= 15 is 0 Å². The minimum Gasteiger partial charge on any atom is -0.211 e. The quantitative estimate of drug-likeness (QED) is 0.837. The van der Waals surface area contributed by atoms with Crippen LogP contribution in [0.5, 0.6) is 0 Å². The molecule has 6 heteroatoms. The zero-order chi connectivity index (χ0) is 13.1. The molecule has 17 heavy (non-hydrogen) atoms. The van der Waals surface area contributed by atoms with Crippen molar-refractivity contribution in [3.05, 3.63) is 29.3 Å². The fourth-order valence-electron chi connectivity index (χ4n) is 1.08. The molecule has 3 nitrogen and oxygen atoms in total. The Morgan fingerprint density at radius 1 is 1.35 bits per heavy atom. The molecule has 0 radical (unpaired) electrons. The highest BCUT2D eigenvalue weighted by Gasteiger charge is 2.22. The third kappa shape index (κ3) is 4.25. The van der Waals surface area contributed by atoms with E-state index in [1.165, 1.54) is 6.07 Å². The van der Waals surface area contributed by atoms with Gasteiger partial charge in [0, 0.05) is 11.9 Å². The normalized spacial score (nSPS) is 12.7. The van der Waals surface area contributed by atoms with Crippen LogP contribution in [0.25, 0.3) is 0 Å². The van der Waals surface area contributed by atoms with Gasteiger partial charge < -0.3 is 0 Å². The molecule has 0 aliphatic heterocycles. The maximum atomic E-state index is 12.0. The number of rotatable bonds is 5. The van der Waals surface area contributed by atoms with Crippen LogP contribution in [0.1, 0.15) is 13.8 Å². The van der Waals surface area contributed by atoms with Gasteiger partial charge in [0.15, 0.2) is 0 Å². The van der Waals surface area contributed by atoms with Gasteiger partial charge in [0.1, 0.15) is 4.90 Å². The van der Waals surface area contributed by atoms with Gasteiger partial charge >= 0.3 is 0 Å². The van der Waals surface area contributed by atoms with Crippen LogP contribution in [0.15, 0.2) is 29.2 Å². The van der Waals surface area contributed by atoms with Gasteiger partial charge in [0.2, 0.25) is 10.0 Å². The predicted octanol–water partition coefficient (Wildman–Crippen LogP) is 3.04. The number of alkyl halides is 1. The summed E-state index contributed by atoms with van der Waals surface area (Å²) in [5.74, 6) is 0. The largest absolute Gasteiger partial charge is 0.242 e. The summed E-state index contributed by atoms with van der Waals surface area (Å²) in [7, 11) is -3.54. The molecule has 0 spiro atoms. The van der Waals surface area contributed by atoms with Gasteiger partial charge in [-0.05, 0) is 17.5 Å². The molecule has 1 aromatic carbocycles. The maximum absolute atomic E-state index is 12.0. The molecule has 0 aliphatic carbocycles. The first-order chi connectivity index (χ1) is 7.78. The molecule has 0 aromatic heterocycles. The van der Waals surface area contributed by atoms with Crippen LogP contribution in [0.4, 0.5) is 0 Å². The number of hydrogen-bond acceptors (Lipinski definition) is 2. The lowest BCUT2D eigenvalue weighted by molar-refractivity contribution is 0.420. The summed E-state index contributed by atoms with van der Waals surface area (Å²) in [6.45, 7) is 4.29. The van der Waals surface area contributed by atoms with Gasteiger partial charge in [0.05, 0.1) is 5.02 Å².